The van der Waals surface area contributed by atoms with Crippen molar-refractivity contribution in [1.29, 1.82) is 0 Å². The lowest BCUT2D eigenvalue weighted by Crippen LogP contribution is -2.55. The fourth-order valence-corrected chi connectivity index (χ4v) is 4.92. The van der Waals surface area contributed by atoms with Gasteiger partial charge in [0.2, 0.25) is 0 Å². The Hall–Kier alpha value is -2.13. The van der Waals surface area contributed by atoms with E-state index in [4.69, 9.17) is 14.2 Å². The molecule has 12 nitrogen and oxygen atoms in total. The molecule has 0 aliphatic heterocycles. The Kier molecular flexibility index (Phi) is 18.5. The lowest BCUT2D eigenvalue weighted by atomic mass is 10.5. The molecule has 0 unspecified atom stereocenters. The van der Waals surface area contributed by atoms with Gasteiger partial charge in [-0.1, -0.05) is 20.8 Å². The molecule has 1 aromatic heterocycles. The zero-order chi connectivity index (χ0) is 29.0. The standard InChI is InChI=1S/C24H39N3O9S3/c1-4-37-16-7-19(28)34-13-10-25-22(31)26(11-14-35-20(29)8-17-38-5-2)24(33)27(23(25)32)12-15-36-21(30)9-18-39-6-3/h4-18H2,1-3H3. The van der Waals surface area contributed by atoms with Crippen molar-refractivity contribution in [3.05, 3.63) is 31.5 Å². The van der Waals surface area contributed by atoms with Gasteiger partial charge in [0.05, 0.1) is 38.9 Å². The first-order valence-corrected chi connectivity index (χ1v) is 16.4. The van der Waals surface area contributed by atoms with Crippen molar-refractivity contribution in [2.45, 2.75) is 59.7 Å². The maximum Gasteiger partial charge on any atom is 0.336 e. The highest BCUT2D eigenvalue weighted by Gasteiger charge is 2.17. The lowest BCUT2D eigenvalue weighted by molar-refractivity contribution is -0.144. The molecule has 1 heterocycles. The lowest BCUT2D eigenvalue weighted by Gasteiger charge is -2.14. The van der Waals surface area contributed by atoms with Crippen LogP contribution in [0.1, 0.15) is 40.0 Å². The van der Waals surface area contributed by atoms with Crippen LogP contribution < -0.4 is 17.1 Å². The zero-order valence-electron chi connectivity index (χ0n) is 22.8. The van der Waals surface area contributed by atoms with Crippen LogP contribution in [0.2, 0.25) is 0 Å². The van der Waals surface area contributed by atoms with Crippen molar-refractivity contribution in [3.63, 3.8) is 0 Å². The molecule has 1 rings (SSSR count). The predicted molar refractivity (Wildman–Crippen MR) is 155 cm³/mol. The number of rotatable bonds is 21. The van der Waals surface area contributed by atoms with Gasteiger partial charge in [-0.15, -0.1) is 0 Å². The van der Waals surface area contributed by atoms with Crippen molar-refractivity contribution in [2.24, 2.45) is 0 Å². The summed E-state index contributed by atoms with van der Waals surface area (Å²) >= 11 is 4.75. The molecule has 0 saturated carbocycles. The maximum absolute atomic E-state index is 13.0. The van der Waals surface area contributed by atoms with Crippen LogP contribution in [0.5, 0.6) is 0 Å². The van der Waals surface area contributed by atoms with Crippen LogP contribution in [0.25, 0.3) is 0 Å². The van der Waals surface area contributed by atoms with Crippen molar-refractivity contribution in [1.82, 2.24) is 13.7 Å². The third-order valence-electron chi connectivity index (χ3n) is 5.08. The highest BCUT2D eigenvalue weighted by molar-refractivity contribution is 7.99. The highest BCUT2D eigenvalue weighted by atomic mass is 32.2. The first-order valence-electron chi connectivity index (χ1n) is 12.9. The topological polar surface area (TPSA) is 145 Å². The predicted octanol–water partition coefficient (Wildman–Crippen LogP) is 1.23. The van der Waals surface area contributed by atoms with Crippen molar-refractivity contribution in [3.8, 4) is 0 Å². The van der Waals surface area contributed by atoms with Crippen LogP contribution in [0.15, 0.2) is 14.4 Å². The Morgan fingerprint density at radius 3 is 1.03 bits per heavy atom. The number of thioether (sulfide) groups is 3. The summed E-state index contributed by atoms with van der Waals surface area (Å²) < 4.78 is 17.8. The van der Waals surface area contributed by atoms with Crippen LogP contribution in [-0.4, -0.2) is 85.9 Å². The molecule has 0 fully saturated rings. The van der Waals surface area contributed by atoms with Gasteiger partial charge in [-0.05, 0) is 17.3 Å². The molecule has 0 bridgehead atoms. The second-order valence-electron chi connectivity index (χ2n) is 7.80. The largest absolute Gasteiger partial charge is 0.464 e. The zero-order valence-corrected chi connectivity index (χ0v) is 25.3. The van der Waals surface area contributed by atoms with Crippen molar-refractivity contribution < 1.29 is 28.6 Å². The van der Waals surface area contributed by atoms with E-state index in [1.54, 1.807) is 35.3 Å². The van der Waals surface area contributed by atoms with E-state index in [1.165, 1.54) is 0 Å². The molecule has 0 atom stereocenters. The van der Waals surface area contributed by atoms with E-state index in [9.17, 15) is 28.8 Å². The molecule has 1 aromatic rings. The fourth-order valence-electron chi connectivity index (χ4n) is 3.12. The number of ether oxygens (including phenoxy) is 3. The van der Waals surface area contributed by atoms with Crippen LogP contribution in [0.3, 0.4) is 0 Å². The van der Waals surface area contributed by atoms with E-state index in [-0.39, 0.29) is 58.7 Å². The van der Waals surface area contributed by atoms with Crippen LogP contribution in [0.4, 0.5) is 0 Å². The monoisotopic (exact) mass is 609 g/mol. The minimum absolute atomic E-state index is 0.196. The van der Waals surface area contributed by atoms with Crippen LogP contribution in [-0.2, 0) is 48.2 Å². The second kappa shape index (κ2) is 20.7. The normalized spacial score (nSPS) is 10.8. The number of hydrogen-bond donors (Lipinski definition) is 0. The molecule has 0 aliphatic carbocycles. The quantitative estimate of drug-likeness (QED) is 0.112. The fraction of sp³-hybridized carbons (Fsp3) is 0.750. The molecule has 15 heteroatoms. The molecule has 0 aliphatic rings. The van der Waals surface area contributed by atoms with E-state index in [0.29, 0.717) is 17.3 Å². The Morgan fingerprint density at radius 1 is 0.538 bits per heavy atom. The number of hydrogen-bond acceptors (Lipinski definition) is 12. The minimum Gasteiger partial charge on any atom is -0.464 e. The molecule has 0 N–H and O–H groups in total. The number of nitrogens with zero attached hydrogens (tertiary/aromatic N) is 3. The smallest absolute Gasteiger partial charge is 0.336 e. The summed E-state index contributed by atoms with van der Waals surface area (Å²) in [6.07, 6.45) is 0.587. The molecule has 0 aromatic carbocycles. The average Bonchev–Trinajstić information content (AvgIpc) is 2.90. The van der Waals surface area contributed by atoms with Gasteiger partial charge in [0, 0.05) is 17.3 Å². The molecular formula is C24H39N3O9S3. The average molecular weight is 610 g/mol. The Bertz CT molecular complexity index is 922. The Balaban J connectivity index is 3.00. The molecule has 39 heavy (non-hydrogen) atoms. The Morgan fingerprint density at radius 2 is 0.795 bits per heavy atom. The van der Waals surface area contributed by atoms with Crippen molar-refractivity contribution in [2.75, 3.05) is 54.3 Å². The van der Waals surface area contributed by atoms with Gasteiger partial charge in [-0.2, -0.15) is 35.3 Å². The van der Waals surface area contributed by atoms with E-state index >= 15 is 0 Å². The molecule has 0 spiro atoms. The number of esters is 3. The third kappa shape index (κ3) is 13.7. The summed E-state index contributed by atoms with van der Waals surface area (Å²) in [4.78, 5) is 74.7. The maximum atomic E-state index is 13.0. The summed E-state index contributed by atoms with van der Waals surface area (Å²) in [7, 11) is 0. The highest BCUT2D eigenvalue weighted by Crippen LogP contribution is 2.03. The third-order valence-corrected chi connectivity index (χ3v) is 7.79. The summed E-state index contributed by atoms with van der Waals surface area (Å²) in [5.41, 5.74) is -2.74. The van der Waals surface area contributed by atoms with E-state index in [1.807, 2.05) is 20.8 Å². The van der Waals surface area contributed by atoms with E-state index < -0.39 is 35.0 Å². The first-order chi connectivity index (χ1) is 18.8. The number of carbonyl (C=O) groups is 3. The summed E-state index contributed by atoms with van der Waals surface area (Å²) in [6.45, 7) is 4.39. The number of aromatic nitrogens is 3. The SMILES string of the molecule is CCSCCC(=O)OCCn1c(=O)n(CCOC(=O)CCSCC)c(=O)n(CCOC(=O)CCSCC)c1=O. The van der Waals surface area contributed by atoms with Crippen molar-refractivity contribution >= 4 is 53.2 Å². The first kappa shape index (κ1) is 34.9. The molecule has 0 amide bonds. The minimum atomic E-state index is -0.912. The second-order valence-corrected chi connectivity index (χ2v) is 12.0. The molecule has 0 radical (unpaired) electrons. The van der Waals surface area contributed by atoms with E-state index in [0.717, 1.165) is 31.0 Å². The summed E-state index contributed by atoms with van der Waals surface area (Å²) in [6, 6.07) is 0. The Labute approximate surface area is 240 Å². The molecule has 0 saturated heterocycles. The van der Waals surface area contributed by atoms with Gasteiger partial charge in [0.15, 0.2) is 0 Å². The van der Waals surface area contributed by atoms with Gasteiger partial charge in [-0.3, -0.25) is 14.4 Å². The van der Waals surface area contributed by atoms with Gasteiger partial charge in [-0.25, -0.2) is 28.1 Å². The van der Waals surface area contributed by atoms with Gasteiger partial charge >= 0.3 is 35.0 Å². The van der Waals surface area contributed by atoms with Crippen LogP contribution in [0, 0.1) is 0 Å². The summed E-state index contributed by atoms with van der Waals surface area (Å²) in [5, 5.41) is 0. The van der Waals surface area contributed by atoms with Gasteiger partial charge < -0.3 is 14.2 Å². The van der Waals surface area contributed by atoms with Gasteiger partial charge in [0.1, 0.15) is 19.8 Å². The van der Waals surface area contributed by atoms with Crippen LogP contribution >= 0.6 is 35.3 Å². The number of carbonyl (C=O) groups excluding carboxylic acids is 3. The summed E-state index contributed by atoms with van der Waals surface area (Å²) in [5.74, 6) is 3.00. The molecule has 222 valence electrons. The van der Waals surface area contributed by atoms with E-state index in [2.05, 4.69) is 0 Å². The van der Waals surface area contributed by atoms with Gasteiger partial charge in [0.25, 0.3) is 0 Å². The molecular weight excluding hydrogens is 570 g/mol.